The van der Waals surface area contributed by atoms with Crippen LogP contribution in [0.4, 0.5) is 11.4 Å². The quantitative estimate of drug-likeness (QED) is 0.258. The lowest BCUT2D eigenvalue weighted by atomic mass is 10.2. The normalized spacial score (nSPS) is 10.8. The molecule has 5 rings (SSSR count). The minimum atomic E-state index is -0.623. The van der Waals surface area contributed by atoms with Gasteiger partial charge >= 0.3 is 5.97 Å². The summed E-state index contributed by atoms with van der Waals surface area (Å²) in [7, 11) is 1.29. The van der Waals surface area contributed by atoms with Gasteiger partial charge in [-0.05, 0) is 48.0 Å². The highest BCUT2D eigenvalue weighted by atomic mass is 16.5. The fourth-order valence-electron chi connectivity index (χ4n) is 4.12. The van der Waals surface area contributed by atoms with Crippen molar-refractivity contribution in [1.29, 1.82) is 0 Å². The van der Waals surface area contributed by atoms with E-state index in [0.29, 0.717) is 34.6 Å². The molecule has 3 heterocycles. The zero-order chi connectivity index (χ0) is 25.8. The van der Waals surface area contributed by atoms with Crippen molar-refractivity contribution in [1.82, 2.24) is 9.55 Å². The van der Waals surface area contributed by atoms with E-state index < -0.39 is 5.97 Å². The average molecular weight is 497 g/mol. The summed E-state index contributed by atoms with van der Waals surface area (Å²) in [5, 5.41) is 16.5. The number of methoxy groups -OCH3 is 1. The first-order valence-electron chi connectivity index (χ1n) is 11.5. The van der Waals surface area contributed by atoms with Gasteiger partial charge in [0.15, 0.2) is 5.69 Å². The van der Waals surface area contributed by atoms with E-state index in [9.17, 15) is 14.7 Å². The van der Waals surface area contributed by atoms with Crippen molar-refractivity contribution in [3.63, 3.8) is 0 Å². The number of aromatic hydroxyl groups is 1. The number of phenolic OH excluding ortho intramolecular Hbond substituents is 1. The first-order chi connectivity index (χ1) is 18.0. The molecule has 1 amide bonds. The number of furan rings is 1. The summed E-state index contributed by atoms with van der Waals surface area (Å²) in [6.45, 7) is 0.641. The Morgan fingerprint density at radius 3 is 2.62 bits per heavy atom. The number of amides is 1. The Hall–Kier alpha value is -5.05. The number of esters is 1. The van der Waals surface area contributed by atoms with Gasteiger partial charge in [0.25, 0.3) is 5.91 Å². The van der Waals surface area contributed by atoms with Crippen LogP contribution in [0.1, 0.15) is 32.2 Å². The summed E-state index contributed by atoms with van der Waals surface area (Å²) >= 11 is 0. The number of fused-ring (bicyclic) bond motifs is 1. The van der Waals surface area contributed by atoms with Crippen molar-refractivity contribution in [2.45, 2.75) is 13.1 Å². The lowest BCUT2D eigenvalue weighted by Gasteiger charge is -2.10. The van der Waals surface area contributed by atoms with Crippen LogP contribution < -0.4 is 10.6 Å². The van der Waals surface area contributed by atoms with Crippen LogP contribution in [0.3, 0.4) is 0 Å². The molecular formula is C28H24N4O5. The van der Waals surface area contributed by atoms with Crippen molar-refractivity contribution in [2.75, 3.05) is 17.7 Å². The maximum atomic E-state index is 13.1. The Kier molecular flexibility index (Phi) is 6.58. The number of carbonyl (C=O) groups is 2. The van der Waals surface area contributed by atoms with Gasteiger partial charge in [-0.15, -0.1) is 0 Å². The number of benzene rings is 2. The van der Waals surface area contributed by atoms with E-state index in [4.69, 9.17) is 9.15 Å². The molecule has 0 saturated carbocycles. The van der Waals surface area contributed by atoms with Gasteiger partial charge in [-0.2, -0.15) is 0 Å². The maximum absolute atomic E-state index is 13.1. The molecular weight excluding hydrogens is 472 g/mol. The van der Waals surface area contributed by atoms with Crippen LogP contribution in [0.5, 0.6) is 5.75 Å². The number of ether oxygens (including phenoxy) is 1. The third kappa shape index (κ3) is 5.01. The molecule has 37 heavy (non-hydrogen) atoms. The summed E-state index contributed by atoms with van der Waals surface area (Å²) < 4.78 is 12.3. The standard InChI is InChI=1S/C28H24N4O5/c1-36-28(35)25-24(31-27(34)19-8-3-2-4-9-19)23-14-20(29-15-18-7-5-10-21(33)13-18)16-30-26(23)32(25)17-22-11-6-12-37-22/h2-14,16,29,33H,15,17H2,1H3,(H,31,34). The van der Waals surface area contributed by atoms with E-state index in [1.165, 1.54) is 7.11 Å². The third-order valence-corrected chi connectivity index (χ3v) is 5.85. The molecule has 0 spiro atoms. The Labute approximate surface area is 212 Å². The largest absolute Gasteiger partial charge is 0.508 e. The SMILES string of the molecule is COC(=O)c1c(NC(=O)c2ccccc2)c2cc(NCc3cccc(O)c3)cnc2n1Cc1ccco1. The Morgan fingerprint density at radius 2 is 1.89 bits per heavy atom. The minimum absolute atomic E-state index is 0.149. The number of carbonyl (C=O) groups excluding carboxylic acids is 2. The van der Waals surface area contributed by atoms with E-state index in [-0.39, 0.29) is 29.6 Å². The lowest BCUT2D eigenvalue weighted by molar-refractivity contribution is 0.0590. The first kappa shape index (κ1) is 23.7. The van der Waals surface area contributed by atoms with E-state index in [1.54, 1.807) is 71.6 Å². The van der Waals surface area contributed by atoms with Gasteiger partial charge in [0.1, 0.15) is 17.2 Å². The molecule has 0 fully saturated rings. The number of aromatic nitrogens is 2. The van der Waals surface area contributed by atoms with Gasteiger partial charge in [-0.3, -0.25) is 4.79 Å². The molecule has 3 aromatic heterocycles. The molecule has 5 aromatic rings. The molecule has 3 N–H and O–H groups in total. The zero-order valence-electron chi connectivity index (χ0n) is 20.0. The van der Waals surface area contributed by atoms with Crippen LogP contribution >= 0.6 is 0 Å². The van der Waals surface area contributed by atoms with Gasteiger partial charge in [0, 0.05) is 17.5 Å². The van der Waals surface area contributed by atoms with Gasteiger partial charge in [0.05, 0.1) is 37.5 Å². The van der Waals surface area contributed by atoms with Crippen LogP contribution in [-0.4, -0.2) is 33.6 Å². The topological polar surface area (TPSA) is 119 Å². The van der Waals surface area contributed by atoms with E-state index in [0.717, 1.165) is 5.56 Å². The van der Waals surface area contributed by atoms with Gasteiger partial charge in [-0.25, -0.2) is 9.78 Å². The molecule has 0 aliphatic heterocycles. The van der Waals surface area contributed by atoms with Crippen molar-refractivity contribution < 1.29 is 23.8 Å². The van der Waals surface area contributed by atoms with Crippen LogP contribution in [0, 0.1) is 0 Å². The Balaban J connectivity index is 1.60. The highest BCUT2D eigenvalue weighted by Gasteiger charge is 2.27. The number of hydrogen-bond acceptors (Lipinski definition) is 7. The predicted molar refractivity (Wildman–Crippen MR) is 139 cm³/mol. The zero-order valence-corrected chi connectivity index (χ0v) is 20.0. The molecule has 0 aliphatic rings. The average Bonchev–Trinajstić information content (AvgIpc) is 3.54. The van der Waals surface area contributed by atoms with Crippen molar-refractivity contribution >= 4 is 34.3 Å². The summed E-state index contributed by atoms with van der Waals surface area (Å²) in [6, 6.07) is 21.0. The van der Waals surface area contributed by atoms with E-state index >= 15 is 0 Å². The molecule has 186 valence electrons. The smallest absolute Gasteiger partial charge is 0.356 e. The Morgan fingerprint density at radius 1 is 1.05 bits per heavy atom. The highest BCUT2D eigenvalue weighted by Crippen LogP contribution is 2.34. The number of nitrogens with zero attached hydrogens (tertiary/aromatic N) is 2. The number of phenols is 1. The third-order valence-electron chi connectivity index (χ3n) is 5.85. The summed E-state index contributed by atoms with van der Waals surface area (Å²) in [5.41, 5.74) is 2.90. The fraction of sp³-hybridized carbons (Fsp3) is 0.107. The summed E-state index contributed by atoms with van der Waals surface area (Å²) in [6.07, 6.45) is 3.20. The molecule has 2 aromatic carbocycles. The monoisotopic (exact) mass is 496 g/mol. The predicted octanol–water partition coefficient (Wildman–Crippen LogP) is 5.03. The number of hydrogen-bond donors (Lipinski definition) is 3. The molecule has 0 bridgehead atoms. The van der Waals surface area contributed by atoms with Crippen LogP contribution in [0.25, 0.3) is 11.0 Å². The Bertz CT molecular complexity index is 1560. The molecule has 0 atom stereocenters. The van der Waals surface area contributed by atoms with E-state index in [2.05, 4.69) is 15.6 Å². The highest BCUT2D eigenvalue weighted by molar-refractivity contribution is 6.14. The minimum Gasteiger partial charge on any atom is -0.508 e. The molecule has 0 saturated heterocycles. The first-order valence-corrected chi connectivity index (χ1v) is 11.5. The van der Waals surface area contributed by atoms with Crippen LogP contribution in [0.2, 0.25) is 0 Å². The van der Waals surface area contributed by atoms with Gasteiger partial charge in [-0.1, -0.05) is 30.3 Å². The summed E-state index contributed by atoms with van der Waals surface area (Å²) in [4.78, 5) is 30.8. The van der Waals surface area contributed by atoms with Crippen molar-refractivity contribution in [3.8, 4) is 5.75 Å². The van der Waals surface area contributed by atoms with Crippen LogP contribution in [0.15, 0.2) is 89.7 Å². The maximum Gasteiger partial charge on any atom is 0.356 e. The number of rotatable bonds is 8. The lowest BCUT2D eigenvalue weighted by Crippen LogP contribution is -2.17. The molecule has 0 radical (unpaired) electrons. The van der Waals surface area contributed by atoms with Crippen LogP contribution in [-0.2, 0) is 17.8 Å². The number of anilines is 2. The fourth-order valence-corrected chi connectivity index (χ4v) is 4.12. The summed E-state index contributed by atoms with van der Waals surface area (Å²) in [5.74, 6) is -0.213. The van der Waals surface area contributed by atoms with Gasteiger partial charge in [0.2, 0.25) is 0 Å². The second kappa shape index (κ2) is 10.3. The molecule has 9 heteroatoms. The van der Waals surface area contributed by atoms with Crippen molar-refractivity contribution in [2.24, 2.45) is 0 Å². The molecule has 9 nitrogen and oxygen atoms in total. The van der Waals surface area contributed by atoms with Crippen molar-refractivity contribution in [3.05, 3.63) is 108 Å². The van der Waals surface area contributed by atoms with Gasteiger partial charge < -0.3 is 29.5 Å². The second-order valence-electron chi connectivity index (χ2n) is 8.32. The number of nitrogens with one attached hydrogen (secondary N) is 2. The number of pyridine rings is 1. The molecule has 0 unspecified atom stereocenters. The molecule has 0 aliphatic carbocycles. The van der Waals surface area contributed by atoms with E-state index in [1.807, 2.05) is 18.2 Å². The second-order valence-corrected chi connectivity index (χ2v) is 8.32.